The molecule has 1 aliphatic rings. The van der Waals surface area contributed by atoms with Crippen molar-refractivity contribution in [3.05, 3.63) is 41.5 Å². The van der Waals surface area contributed by atoms with Crippen molar-refractivity contribution in [1.29, 1.82) is 0 Å². The molecule has 130 valence electrons. The maximum atomic E-state index is 11.9. The Balaban J connectivity index is 1.61. The van der Waals surface area contributed by atoms with Crippen LogP contribution in [0.15, 0.2) is 35.7 Å². The maximum Gasteiger partial charge on any atom is 0.223 e. The van der Waals surface area contributed by atoms with E-state index in [4.69, 9.17) is 5.73 Å². The molecular weight excluding hydrogens is 346 g/mol. The van der Waals surface area contributed by atoms with Gasteiger partial charge in [-0.05, 0) is 35.6 Å². The van der Waals surface area contributed by atoms with Crippen LogP contribution in [-0.4, -0.2) is 32.3 Å². The van der Waals surface area contributed by atoms with Crippen molar-refractivity contribution in [1.82, 2.24) is 19.9 Å². The molecule has 1 aromatic carbocycles. The summed E-state index contributed by atoms with van der Waals surface area (Å²) < 4.78 is 0. The highest BCUT2D eigenvalue weighted by molar-refractivity contribution is 7.13. The monoisotopic (exact) mass is 363 g/mol. The number of anilines is 1. The number of likely N-dealkylation sites (tertiary alicyclic amines) is 1. The van der Waals surface area contributed by atoms with E-state index in [9.17, 15) is 4.79 Å². The predicted octanol–water partition coefficient (Wildman–Crippen LogP) is 3.54. The molecule has 5 rings (SSSR count). The lowest BCUT2D eigenvalue weighted by molar-refractivity contribution is -0.128. The number of carbonyl (C=O) groups excluding carboxylic acids is 1. The van der Waals surface area contributed by atoms with Gasteiger partial charge in [0, 0.05) is 23.2 Å². The Morgan fingerprint density at radius 3 is 2.96 bits per heavy atom. The Kier molecular flexibility index (Phi) is 3.43. The van der Waals surface area contributed by atoms with Crippen LogP contribution in [-0.2, 0) is 11.3 Å². The van der Waals surface area contributed by atoms with Crippen LogP contribution in [0, 0.1) is 0 Å². The van der Waals surface area contributed by atoms with Gasteiger partial charge in [0.15, 0.2) is 5.82 Å². The molecule has 1 aliphatic heterocycles. The fraction of sp³-hybridized carbons (Fsp3) is 0.211. The van der Waals surface area contributed by atoms with Crippen molar-refractivity contribution in [2.24, 2.45) is 0 Å². The summed E-state index contributed by atoms with van der Waals surface area (Å²) >= 11 is 1.70. The standard InChI is InChI=1S/C19H17N5OS/c20-19-18-17(22-15(23-18)10-24-7-1-4-16(24)25)12-6-5-11(9-13(12)21-19)14-3-2-8-26-14/h2-3,5-6,8-9H,1,4,7,10H2,(H2,20,21)(H,22,23). The average molecular weight is 363 g/mol. The Bertz CT molecular complexity index is 1130. The van der Waals surface area contributed by atoms with Gasteiger partial charge in [-0.25, -0.2) is 9.97 Å². The molecule has 0 saturated carbocycles. The number of nitrogens with one attached hydrogen (secondary N) is 1. The zero-order valence-corrected chi connectivity index (χ0v) is 14.8. The summed E-state index contributed by atoms with van der Waals surface area (Å²) in [6, 6.07) is 10.3. The predicted molar refractivity (Wildman–Crippen MR) is 104 cm³/mol. The van der Waals surface area contributed by atoms with Crippen LogP contribution >= 0.6 is 11.3 Å². The number of fused-ring (bicyclic) bond motifs is 3. The molecule has 7 heteroatoms. The van der Waals surface area contributed by atoms with Gasteiger partial charge in [-0.1, -0.05) is 12.1 Å². The van der Waals surface area contributed by atoms with Crippen LogP contribution < -0.4 is 5.73 Å². The number of rotatable bonds is 3. The molecule has 1 fully saturated rings. The summed E-state index contributed by atoms with van der Waals surface area (Å²) in [5.41, 5.74) is 9.69. The average Bonchev–Trinajstić information content (AvgIpc) is 3.37. The number of aromatic nitrogens is 3. The lowest BCUT2D eigenvalue weighted by Crippen LogP contribution is -2.24. The number of nitrogens with two attached hydrogens (primary N) is 1. The fourth-order valence-corrected chi connectivity index (χ4v) is 4.27. The quantitative estimate of drug-likeness (QED) is 0.583. The lowest BCUT2D eigenvalue weighted by atomic mass is 10.1. The molecule has 4 aromatic rings. The van der Waals surface area contributed by atoms with Gasteiger partial charge in [-0.2, -0.15) is 0 Å². The van der Waals surface area contributed by atoms with E-state index in [-0.39, 0.29) is 5.91 Å². The van der Waals surface area contributed by atoms with E-state index in [0.29, 0.717) is 24.3 Å². The second kappa shape index (κ2) is 5.81. The number of nitrogen functional groups attached to an aromatic ring is 1. The molecule has 0 unspecified atom stereocenters. The molecule has 3 aromatic heterocycles. The third kappa shape index (κ3) is 2.43. The molecular formula is C19H17N5OS. The van der Waals surface area contributed by atoms with Gasteiger partial charge < -0.3 is 15.6 Å². The molecule has 0 bridgehead atoms. The highest BCUT2D eigenvalue weighted by Crippen LogP contribution is 2.31. The van der Waals surface area contributed by atoms with E-state index >= 15 is 0 Å². The third-order valence-corrected chi connectivity index (χ3v) is 5.74. The van der Waals surface area contributed by atoms with Crippen LogP contribution in [0.25, 0.3) is 32.4 Å². The minimum Gasteiger partial charge on any atom is -0.382 e. The summed E-state index contributed by atoms with van der Waals surface area (Å²) in [7, 11) is 0. The Hall–Kier alpha value is -2.93. The number of nitrogens with zero attached hydrogens (tertiary/aromatic N) is 3. The number of amides is 1. The second-order valence-electron chi connectivity index (χ2n) is 6.53. The minimum atomic E-state index is 0.182. The summed E-state index contributed by atoms with van der Waals surface area (Å²) in [5, 5.41) is 3.05. The van der Waals surface area contributed by atoms with Crippen LogP contribution in [0.1, 0.15) is 18.7 Å². The van der Waals surface area contributed by atoms with Crippen molar-refractivity contribution >= 4 is 45.0 Å². The number of thiophene rings is 1. The van der Waals surface area contributed by atoms with Gasteiger partial charge in [0.1, 0.15) is 11.3 Å². The fourth-order valence-electron chi connectivity index (χ4n) is 3.54. The van der Waals surface area contributed by atoms with E-state index in [0.717, 1.165) is 40.8 Å². The molecule has 1 amide bonds. The highest BCUT2D eigenvalue weighted by Gasteiger charge is 2.22. The van der Waals surface area contributed by atoms with Gasteiger partial charge in [0.25, 0.3) is 0 Å². The number of pyridine rings is 1. The van der Waals surface area contributed by atoms with E-state index in [1.165, 1.54) is 4.88 Å². The summed E-state index contributed by atoms with van der Waals surface area (Å²) in [5.74, 6) is 1.34. The number of aromatic amines is 1. The van der Waals surface area contributed by atoms with Gasteiger partial charge in [-0.3, -0.25) is 4.79 Å². The number of hydrogen-bond donors (Lipinski definition) is 2. The lowest BCUT2D eigenvalue weighted by Gasteiger charge is -2.12. The first-order chi connectivity index (χ1) is 12.7. The van der Waals surface area contributed by atoms with Crippen molar-refractivity contribution in [2.75, 3.05) is 12.3 Å². The van der Waals surface area contributed by atoms with Crippen LogP contribution in [0.2, 0.25) is 0 Å². The maximum absolute atomic E-state index is 11.9. The number of imidazole rings is 1. The molecule has 3 N–H and O–H groups in total. The summed E-state index contributed by atoms with van der Waals surface area (Å²) in [4.78, 5) is 27.4. The van der Waals surface area contributed by atoms with E-state index < -0.39 is 0 Å². The molecule has 0 spiro atoms. The second-order valence-corrected chi connectivity index (χ2v) is 7.48. The summed E-state index contributed by atoms with van der Waals surface area (Å²) in [6.45, 7) is 1.27. The van der Waals surface area contributed by atoms with Crippen molar-refractivity contribution in [3.8, 4) is 10.4 Å². The van der Waals surface area contributed by atoms with E-state index in [1.54, 1.807) is 11.3 Å². The Morgan fingerprint density at radius 1 is 1.27 bits per heavy atom. The Morgan fingerprint density at radius 2 is 2.19 bits per heavy atom. The van der Waals surface area contributed by atoms with Crippen molar-refractivity contribution < 1.29 is 4.79 Å². The largest absolute Gasteiger partial charge is 0.382 e. The van der Waals surface area contributed by atoms with Crippen molar-refractivity contribution in [2.45, 2.75) is 19.4 Å². The highest BCUT2D eigenvalue weighted by atomic mass is 32.1. The molecule has 1 saturated heterocycles. The molecule has 4 heterocycles. The van der Waals surface area contributed by atoms with Gasteiger partial charge in [-0.15, -0.1) is 11.3 Å². The smallest absolute Gasteiger partial charge is 0.223 e. The molecule has 0 atom stereocenters. The van der Waals surface area contributed by atoms with E-state index in [1.807, 2.05) is 11.0 Å². The minimum absolute atomic E-state index is 0.182. The van der Waals surface area contributed by atoms with E-state index in [2.05, 4.69) is 44.6 Å². The first kappa shape index (κ1) is 15.3. The van der Waals surface area contributed by atoms with Crippen LogP contribution in [0.4, 0.5) is 5.82 Å². The normalized spacial score (nSPS) is 14.8. The number of H-pyrrole nitrogens is 1. The van der Waals surface area contributed by atoms with Gasteiger partial charge >= 0.3 is 0 Å². The zero-order chi connectivity index (χ0) is 17.7. The van der Waals surface area contributed by atoms with Crippen molar-refractivity contribution in [3.63, 3.8) is 0 Å². The molecule has 0 aliphatic carbocycles. The SMILES string of the molecule is Nc1nc2cc(-c3cccs3)ccc2c2[nH]c(CN3CCCC3=O)nc12. The first-order valence-electron chi connectivity index (χ1n) is 8.58. The Labute approximate surface area is 153 Å². The van der Waals surface area contributed by atoms with Gasteiger partial charge in [0.05, 0.1) is 17.6 Å². The van der Waals surface area contributed by atoms with Gasteiger partial charge in [0.2, 0.25) is 5.91 Å². The van der Waals surface area contributed by atoms with Crippen LogP contribution in [0.3, 0.4) is 0 Å². The topological polar surface area (TPSA) is 87.9 Å². The molecule has 6 nitrogen and oxygen atoms in total. The van der Waals surface area contributed by atoms with Crippen LogP contribution in [0.5, 0.6) is 0 Å². The summed E-state index contributed by atoms with van der Waals surface area (Å²) in [6.07, 6.45) is 1.54. The first-order valence-corrected chi connectivity index (χ1v) is 9.46. The zero-order valence-electron chi connectivity index (χ0n) is 14.0. The third-order valence-electron chi connectivity index (χ3n) is 4.82. The number of hydrogen-bond acceptors (Lipinski definition) is 5. The molecule has 0 radical (unpaired) electrons. The number of benzene rings is 1. The number of carbonyl (C=O) groups is 1. The molecule has 26 heavy (non-hydrogen) atoms.